The van der Waals surface area contributed by atoms with Crippen LogP contribution in [0.1, 0.15) is 19.8 Å². The van der Waals surface area contributed by atoms with E-state index in [9.17, 15) is 9.90 Å². The minimum atomic E-state index is -0.556. The Bertz CT molecular complexity index is 649. The molecule has 3 N–H and O–H groups in total. The molecule has 1 unspecified atom stereocenters. The highest BCUT2D eigenvalue weighted by molar-refractivity contribution is 7.22. The van der Waals surface area contributed by atoms with Crippen LogP contribution in [0.5, 0.6) is 0 Å². The highest BCUT2D eigenvalue weighted by Gasteiger charge is 2.18. The Morgan fingerprint density at radius 2 is 2.17 bits per heavy atom. The van der Waals surface area contributed by atoms with E-state index in [4.69, 9.17) is 0 Å². The number of aromatic nitrogens is 1. The number of thiazole rings is 1. The van der Waals surface area contributed by atoms with Crippen molar-refractivity contribution >= 4 is 32.7 Å². The van der Waals surface area contributed by atoms with Gasteiger partial charge in [-0.25, -0.2) is 9.78 Å². The van der Waals surface area contributed by atoms with E-state index in [1.54, 1.807) is 0 Å². The molecule has 3 rings (SSSR count). The van der Waals surface area contributed by atoms with Gasteiger partial charge in [0.05, 0.1) is 16.3 Å². The lowest BCUT2D eigenvalue weighted by Crippen LogP contribution is -2.43. The molecule has 1 saturated heterocycles. The van der Waals surface area contributed by atoms with Gasteiger partial charge in [-0.3, -0.25) is 5.32 Å². The molecular formula is C17H24N4O2S. The summed E-state index contributed by atoms with van der Waals surface area (Å²) in [6, 6.07) is 7.42. The number of hydrogen-bond acceptors (Lipinski definition) is 5. The SMILES string of the molecule is CC1CCN(CC(O)CNC(=O)Nc2nc3ccccc3s2)CC1. The van der Waals surface area contributed by atoms with Gasteiger partial charge in [0.15, 0.2) is 5.13 Å². The zero-order valence-electron chi connectivity index (χ0n) is 13.9. The number of fused-ring (bicyclic) bond motifs is 1. The van der Waals surface area contributed by atoms with Gasteiger partial charge in [0.2, 0.25) is 0 Å². The quantitative estimate of drug-likeness (QED) is 0.776. The van der Waals surface area contributed by atoms with Crippen LogP contribution in [-0.4, -0.2) is 53.3 Å². The molecule has 0 saturated carbocycles. The smallest absolute Gasteiger partial charge is 0.321 e. The number of anilines is 1. The summed E-state index contributed by atoms with van der Waals surface area (Å²) in [5.41, 5.74) is 0.872. The number of nitrogens with one attached hydrogen (secondary N) is 2. The van der Waals surface area contributed by atoms with Crippen molar-refractivity contribution in [2.45, 2.75) is 25.9 Å². The lowest BCUT2D eigenvalue weighted by atomic mass is 9.99. The predicted octanol–water partition coefficient (Wildman–Crippen LogP) is 2.51. The van der Waals surface area contributed by atoms with Gasteiger partial charge < -0.3 is 15.3 Å². The van der Waals surface area contributed by atoms with Crippen LogP contribution in [0.2, 0.25) is 0 Å². The third-order valence-electron chi connectivity index (χ3n) is 4.36. The average molecular weight is 348 g/mol. The molecule has 1 atom stereocenters. The van der Waals surface area contributed by atoms with Gasteiger partial charge in [0.25, 0.3) is 0 Å². The number of aliphatic hydroxyl groups is 1. The van der Waals surface area contributed by atoms with Gasteiger partial charge in [0, 0.05) is 13.1 Å². The minimum Gasteiger partial charge on any atom is -0.390 e. The zero-order valence-corrected chi connectivity index (χ0v) is 14.7. The molecule has 2 amide bonds. The Kier molecular flexibility index (Phi) is 5.65. The maximum absolute atomic E-state index is 11.9. The second kappa shape index (κ2) is 7.92. The Balaban J connectivity index is 1.41. The Morgan fingerprint density at radius 1 is 1.42 bits per heavy atom. The number of likely N-dealkylation sites (tertiary alicyclic amines) is 1. The number of nitrogens with zero attached hydrogens (tertiary/aromatic N) is 2. The molecule has 0 bridgehead atoms. The normalized spacial score (nSPS) is 17.8. The van der Waals surface area contributed by atoms with E-state index in [0.717, 1.165) is 29.2 Å². The second-order valence-corrected chi connectivity index (χ2v) is 7.49. The number of rotatable bonds is 5. The number of piperidine rings is 1. The van der Waals surface area contributed by atoms with Crippen molar-refractivity contribution in [1.82, 2.24) is 15.2 Å². The first-order chi connectivity index (χ1) is 11.6. The molecule has 2 heterocycles. The van der Waals surface area contributed by atoms with Crippen LogP contribution >= 0.6 is 11.3 Å². The zero-order chi connectivity index (χ0) is 16.9. The number of aliphatic hydroxyl groups excluding tert-OH is 1. The van der Waals surface area contributed by atoms with Gasteiger partial charge in [0.1, 0.15) is 0 Å². The van der Waals surface area contributed by atoms with Crippen LogP contribution < -0.4 is 10.6 Å². The molecule has 0 radical (unpaired) electrons. The highest BCUT2D eigenvalue weighted by Crippen LogP contribution is 2.25. The van der Waals surface area contributed by atoms with Crippen molar-refractivity contribution < 1.29 is 9.90 Å². The van der Waals surface area contributed by atoms with E-state index in [2.05, 4.69) is 27.4 Å². The van der Waals surface area contributed by atoms with E-state index in [1.807, 2.05) is 24.3 Å². The Hall–Kier alpha value is -1.70. The molecule has 7 heteroatoms. The molecule has 1 aliphatic rings. The molecule has 1 aliphatic heterocycles. The van der Waals surface area contributed by atoms with Crippen molar-refractivity contribution in [2.24, 2.45) is 5.92 Å². The third-order valence-corrected chi connectivity index (χ3v) is 5.31. The predicted molar refractivity (Wildman–Crippen MR) is 97.5 cm³/mol. The lowest BCUT2D eigenvalue weighted by Gasteiger charge is -2.31. The molecule has 130 valence electrons. The molecular weight excluding hydrogens is 324 g/mol. The summed E-state index contributed by atoms with van der Waals surface area (Å²) in [6.45, 7) is 5.16. The third kappa shape index (κ3) is 4.66. The fourth-order valence-corrected chi connectivity index (χ4v) is 3.75. The van der Waals surface area contributed by atoms with Crippen molar-refractivity contribution in [3.63, 3.8) is 0 Å². The van der Waals surface area contributed by atoms with E-state index in [1.165, 1.54) is 24.2 Å². The fraction of sp³-hybridized carbons (Fsp3) is 0.529. The Morgan fingerprint density at radius 3 is 2.92 bits per heavy atom. The number of benzene rings is 1. The van der Waals surface area contributed by atoms with Crippen LogP contribution in [0.3, 0.4) is 0 Å². The fourth-order valence-electron chi connectivity index (χ4n) is 2.88. The van der Waals surface area contributed by atoms with Crippen LogP contribution in [0, 0.1) is 5.92 Å². The molecule has 1 aromatic heterocycles. The van der Waals surface area contributed by atoms with Crippen molar-refractivity contribution in [3.05, 3.63) is 24.3 Å². The van der Waals surface area contributed by atoms with Crippen LogP contribution in [0.15, 0.2) is 24.3 Å². The highest BCUT2D eigenvalue weighted by atomic mass is 32.1. The summed E-state index contributed by atoms with van der Waals surface area (Å²) in [7, 11) is 0. The molecule has 6 nitrogen and oxygen atoms in total. The summed E-state index contributed by atoms with van der Waals surface area (Å²) >= 11 is 1.43. The maximum atomic E-state index is 11.9. The van der Waals surface area contributed by atoms with Crippen molar-refractivity contribution in [1.29, 1.82) is 0 Å². The van der Waals surface area contributed by atoms with Crippen LogP contribution in [-0.2, 0) is 0 Å². The van der Waals surface area contributed by atoms with Gasteiger partial charge >= 0.3 is 6.03 Å². The molecule has 1 fully saturated rings. The van der Waals surface area contributed by atoms with E-state index < -0.39 is 6.10 Å². The summed E-state index contributed by atoms with van der Waals surface area (Å²) in [5, 5.41) is 16.1. The number of β-amino-alcohol motifs (C(OH)–C–C–N with tert-alkyl or cyclic N) is 1. The van der Waals surface area contributed by atoms with Crippen molar-refractivity contribution in [3.8, 4) is 0 Å². The summed E-state index contributed by atoms with van der Waals surface area (Å²) in [4.78, 5) is 18.6. The molecule has 24 heavy (non-hydrogen) atoms. The second-order valence-electron chi connectivity index (χ2n) is 6.46. The lowest BCUT2D eigenvalue weighted by molar-refractivity contribution is 0.0924. The van der Waals surface area contributed by atoms with E-state index >= 15 is 0 Å². The monoisotopic (exact) mass is 348 g/mol. The number of urea groups is 1. The molecule has 0 aliphatic carbocycles. The first-order valence-corrected chi connectivity index (χ1v) is 9.22. The standard InChI is InChI=1S/C17H24N4O2S/c1-12-6-8-21(9-7-12)11-13(22)10-18-16(23)20-17-19-14-4-2-3-5-15(14)24-17/h2-5,12-13,22H,6-11H2,1H3,(H2,18,19,20,23). The number of amides is 2. The largest absolute Gasteiger partial charge is 0.390 e. The number of para-hydroxylation sites is 1. The van der Waals surface area contributed by atoms with Gasteiger partial charge in [-0.15, -0.1) is 0 Å². The number of hydrogen-bond donors (Lipinski definition) is 3. The topological polar surface area (TPSA) is 77.5 Å². The van der Waals surface area contributed by atoms with Gasteiger partial charge in [-0.1, -0.05) is 30.4 Å². The molecule has 1 aromatic carbocycles. The van der Waals surface area contributed by atoms with Crippen molar-refractivity contribution in [2.75, 3.05) is 31.5 Å². The first-order valence-electron chi connectivity index (χ1n) is 8.41. The minimum absolute atomic E-state index is 0.239. The van der Waals surface area contributed by atoms with Crippen LogP contribution in [0.25, 0.3) is 10.2 Å². The maximum Gasteiger partial charge on any atom is 0.321 e. The van der Waals surface area contributed by atoms with E-state index in [0.29, 0.717) is 11.7 Å². The van der Waals surface area contributed by atoms with E-state index in [-0.39, 0.29) is 12.6 Å². The summed E-state index contributed by atoms with van der Waals surface area (Å²) in [5.74, 6) is 0.774. The summed E-state index contributed by atoms with van der Waals surface area (Å²) < 4.78 is 1.03. The first kappa shape index (κ1) is 17.1. The Labute approximate surface area is 145 Å². The number of carbonyl (C=O) groups is 1. The van der Waals surface area contributed by atoms with Gasteiger partial charge in [-0.2, -0.15) is 0 Å². The summed E-state index contributed by atoms with van der Waals surface area (Å²) in [6.07, 6.45) is 1.80. The average Bonchev–Trinajstić information content (AvgIpc) is 2.97. The van der Waals surface area contributed by atoms with Crippen LogP contribution in [0.4, 0.5) is 9.93 Å². The molecule has 2 aromatic rings. The van der Waals surface area contributed by atoms with Gasteiger partial charge in [-0.05, 0) is 44.0 Å². The number of carbonyl (C=O) groups excluding carboxylic acids is 1. The molecule has 0 spiro atoms.